The van der Waals surface area contributed by atoms with E-state index in [1.54, 1.807) is 7.11 Å². The molecule has 1 fully saturated rings. The summed E-state index contributed by atoms with van der Waals surface area (Å²) < 4.78 is 19.6. The van der Waals surface area contributed by atoms with Gasteiger partial charge in [0, 0.05) is 49.6 Å². The van der Waals surface area contributed by atoms with Gasteiger partial charge in [0.2, 0.25) is 0 Å². The number of hydrogen-bond donors (Lipinski definition) is 2. The van der Waals surface area contributed by atoms with Gasteiger partial charge in [-0.1, -0.05) is 13.0 Å². The molecule has 1 aliphatic heterocycles. The first-order chi connectivity index (χ1) is 12.2. The molecule has 0 bridgehead atoms. The minimum absolute atomic E-state index is 0.0580. The predicted octanol–water partition coefficient (Wildman–Crippen LogP) is 2.52. The number of rotatable bonds is 7. The second-order valence-electron chi connectivity index (χ2n) is 6.33. The molecular weight excluding hydrogens is 319 g/mol. The van der Waals surface area contributed by atoms with Crippen LogP contribution in [0.3, 0.4) is 0 Å². The topological polar surface area (TPSA) is 49.4 Å². The van der Waals surface area contributed by atoms with Crippen LogP contribution in [0.2, 0.25) is 0 Å². The fraction of sp³-hybridized carbons (Fsp3) is 0.421. The molecule has 25 heavy (non-hydrogen) atoms. The number of nitrogens with zero attached hydrogens (tertiary/aromatic N) is 2. The van der Waals surface area contributed by atoms with Crippen molar-refractivity contribution < 1.29 is 9.13 Å². The number of hydrogen-bond acceptors (Lipinski definition) is 5. The molecule has 2 aromatic rings. The van der Waals surface area contributed by atoms with Crippen LogP contribution < -0.4 is 15.6 Å². The number of aromatic nitrogens is 1. The lowest BCUT2D eigenvalue weighted by molar-refractivity contribution is 0.227. The molecule has 6 heteroatoms. The van der Waals surface area contributed by atoms with E-state index >= 15 is 0 Å². The van der Waals surface area contributed by atoms with Gasteiger partial charge < -0.3 is 4.74 Å². The fourth-order valence-electron chi connectivity index (χ4n) is 3.31. The van der Waals surface area contributed by atoms with Crippen molar-refractivity contribution in [2.45, 2.75) is 19.5 Å². The summed E-state index contributed by atoms with van der Waals surface area (Å²) in [5.74, 6) is 0.587. The Morgan fingerprint density at radius 2 is 2.08 bits per heavy atom. The maximum Gasteiger partial charge on any atom is 0.131 e. The van der Waals surface area contributed by atoms with Crippen LogP contribution in [0, 0.1) is 11.7 Å². The standard InChI is InChI=1S/C19H25FN4O/c1-3-24(12-14-6-8-21-9-7-14)13-15-11-22-23-19(15)17-5-4-16(25-2)10-18(17)20/h4-10,15,19,22-23H,3,11-13H2,1-2H3. The molecule has 1 aliphatic rings. The number of nitrogens with one attached hydrogen (secondary N) is 2. The van der Waals surface area contributed by atoms with Crippen LogP contribution in [0.4, 0.5) is 4.39 Å². The normalized spacial score (nSPS) is 20.2. The van der Waals surface area contributed by atoms with E-state index in [1.807, 2.05) is 36.7 Å². The van der Waals surface area contributed by atoms with Crippen LogP contribution in [0.1, 0.15) is 24.1 Å². The maximum atomic E-state index is 14.5. The summed E-state index contributed by atoms with van der Waals surface area (Å²) in [6, 6.07) is 9.08. The van der Waals surface area contributed by atoms with Crippen LogP contribution in [-0.4, -0.2) is 36.6 Å². The third-order valence-electron chi connectivity index (χ3n) is 4.73. The molecule has 5 nitrogen and oxygen atoms in total. The first-order valence-corrected chi connectivity index (χ1v) is 8.64. The molecule has 134 valence electrons. The van der Waals surface area contributed by atoms with Crippen molar-refractivity contribution in [1.82, 2.24) is 20.7 Å². The Morgan fingerprint density at radius 1 is 1.28 bits per heavy atom. The fourth-order valence-corrected chi connectivity index (χ4v) is 3.31. The Labute approximate surface area is 148 Å². The SMILES string of the molecule is CCN(Cc1ccncc1)CC1CNNC1c1ccc(OC)cc1F. The zero-order valence-corrected chi connectivity index (χ0v) is 14.7. The Bertz CT molecular complexity index is 682. The zero-order valence-electron chi connectivity index (χ0n) is 14.7. The molecule has 3 rings (SSSR count). The molecule has 1 saturated heterocycles. The van der Waals surface area contributed by atoms with E-state index in [4.69, 9.17) is 4.74 Å². The Kier molecular flexibility index (Phi) is 5.96. The summed E-state index contributed by atoms with van der Waals surface area (Å²) in [6.07, 6.45) is 3.63. The lowest BCUT2D eigenvalue weighted by Crippen LogP contribution is -2.33. The van der Waals surface area contributed by atoms with Crippen LogP contribution in [0.15, 0.2) is 42.7 Å². The zero-order chi connectivity index (χ0) is 17.6. The highest BCUT2D eigenvalue weighted by atomic mass is 19.1. The minimum atomic E-state index is -0.234. The molecule has 2 unspecified atom stereocenters. The van der Waals surface area contributed by atoms with Crippen LogP contribution in [-0.2, 0) is 6.54 Å². The van der Waals surface area contributed by atoms with Gasteiger partial charge in [-0.3, -0.25) is 15.3 Å². The molecule has 0 saturated carbocycles. The highest BCUT2D eigenvalue weighted by molar-refractivity contribution is 5.31. The predicted molar refractivity (Wildman–Crippen MR) is 95.5 cm³/mol. The second-order valence-corrected chi connectivity index (χ2v) is 6.33. The van der Waals surface area contributed by atoms with Crippen molar-refractivity contribution in [3.63, 3.8) is 0 Å². The van der Waals surface area contributed by atoms with E-state index < -0.39 is 0 Å². The quantitative estimate of drug-likeness (QED) is 0.808. The molecule has 1 aromatic carbocycles. The molecule has 2 heterocycles. The summed E-state index contributed by atoms with van der Waals surface area (Å²) >= 11 is 0. The molecule has 2 N–H and O–H groups in total. The number of benzene rings is 1. The molecular formula is C19H25FN4O. The molecule has 2 atom stereocenters. The molecule has 1 aromatic heterocycles. The van der Waals surface area contributed by atoms with E-state index in [-0.39, 0.29) is 17.8 Å². The summed E-state index contributed by atoms with van der Waals surface area (Å²) in [6.45, 7) is 5.65. The van der Waals surface area contributed by atoms with Crippen molar-refractivity contribution in [3.05, 3.63) is 59.7 Å². The molecule has 0 amide bonds. The Balaban J connectivity index is 1.70. The first-order valence-electron chi connectivity index (χ1n) is 8.64. The lowest BCUT2D eigenvalue weighted by Gasteiger charge is -2.27. The Morgan fingerprint density at radius 3 is 2.76 bits per heavy atom. The number of halogens is 1. The number of ether oxygens (including phenoxy) is 1. The van der Waals surface area contributed by atoms with Crippen molar-refractivity contribution in [1.29, 1.82) is 0 Å². The van der Waals surface area contributed by atoms with Crippen molar-refractivity contribution in [2.24, 2.45) is 5.92 Å². The lowest BCUT2D eigenvalue weighted by atomic mass is 9.93. The highest BCUT2D eigenvalue weighted by Gasteiger charge is 2.31. The van der Waals surface area contributed by atoms with Gasteiger partial charge in [0.1, 0.15) is 11.6 Å². The van der Waals surface area contributed by atoms with E-state index in [2.05, 4.69) is 27.7 Å². The minimum Gasteiger partial charge on any atom is -0.497 e. The Hall–Kier alpha value is -2.02. The largest absolute Gasteiger partial charge is 0.497 e. The van der Waals surface area contributed by atoms with Crippen molar-refractivity contribution in [3.8, 4) is 5.75 Å². The third kappa shape index (κ3) is 4.34. The molecule has 0 spiro atoms. The smallest absolute Gasteiger partial charge is 0.131 e. The first kappa shape index (κ1) is 17.8. The van der Waals surface area contributed by atoms with E-state index in [1.165, 1.54) is 11.6 Å². The number of methoxy groups -OCH3 is 1. The van der Waals surface area contributed by atoms with Gasteiger partial charge in [-0.2, -0.15) is 0 Å². The highest BCUT2D eigenvalue weighted by Crippen LogP contribution is 2.30. The average molecular weight is 344 g/mol. The third-order valence-corrected chi connectivity index (χ3v) is 4.73. The van der Waals surface area contributed by atoms with E-state index in [9.17, 15) is 4.39 Å². The summed E-state index contributed by atoms with van der Waals surface area (Å²) in [5, 5.41) is 0. The summed E-state index contributed by atoms with van der Waals surface area (Å²) in [7, 11) is 1.55. The van der Waals surface area contributed by atoms with E-state index in [0.29, 0.717) is 11.3 Å². The van der Waals surface area contributed by atoms with Gasteiger partial charge in [0.05, 0.1) is 13.2 Å². The van der Waals surface area contributed by atoms with Gasteiger partial charge in [-0.05, 0) is 30.3 Å². The van der Waals surface area contributed by atoms with Gasteiger partial charge in [-0.15, -0.1) is 0 Å². The van der Waals surface area contributed by atoms with Crippen LogP contribution in [0.25, 0.3) is 0 Å². The van der Waals surface area contributed by atoms with Crippen LogP contribution >= 0.6 is 0 Å². The maximum absolute atomic E-state index is 14.5. The van der Waals surface area contributed by atoms with Crippen molar-refractivity contribution >= 4 is 0 Å². The molecule has 0 aliphatic carbocycles. The number of pyridine rings is 1. The van der Waals surface area contributed by atoms with Gasteiger partial charge >= 0.3 is 0 Å². The second kappa shape index (κ2) is 8.38. The van der Waals surface area contributed by atoms with Gasteiger partial charge in [-0.25, -0.2) is 9.82 Å². The van der Waals surface area contributed by atoms with Crippen molar-refractivity contribution in [2.75, 3.05) is 26.7 Å². The summed E-state index contributed by atoms with van der Waals surface area (Å²) in [4.78, 5) is 6.44. The van der Waals surface area contributed by atoms with E-state index in [0.717, 1.165) is 26.2 Å². The number of hydrazine groups is 1. The van der Waals surface area contributed by atoms with Gasteiger partial charge in [0.15, 0.2) is 0 Å². The molecule has 0 radical (unpaired) electrons. The van der Waals surface area contributed by atoms with Gasteiger partial charge in [0.25, 0.3) is 0 Å². The summed E-state index contributed by atoms with van der Waals surface area (Å²) in [5.41, 5.74) is 8.33. The average Bonchev–Trinajstić information content (AvgIpc) is 3.09. The van der Waals surface area contributed by atoms with Crippen LogP contribution in [0.5, 0.6) is 5.75 Å². The monoisotopic (exact) mass is 344 g/mol.